The predicted molar refractivity (Wildman–Crippen MR) is 158 cm³/mol. The maximum absolute atomic E-state index is 15.2. The van der Waals surface area contributed by atoms with Gasteiger partial charge in [-0.2, -0.15) is 14.0 Å². The lowest BCUT2D eigenvalue weighted by molar-refractivity contribution is -0.0373. The topological polar surface area (TPSA) is 89.6 Å². The highest BCUT2D eigenvalue weighted by molar-refractivity contribution is 5.95. The van der Waals surface area contributed by atoms with Crippen LogP contribution < -0.4 is 9.47 Å². The fourth-order valence-corrected chi connectivity index (χ4v) is 5.79. The zero-order valence-corrected chi connectivity index (χ0v) is 25.3. The molecule has 1 amide bonds. The van der Waals surface area contributed by atoms with Crippen LogP contribution in [0.1, 0.15) is 67.5 Å². The Bertz CT molecular complexity index is 1630. The van der Waals surface area contributed by atoms with Crippen LogP contribution in [0.25, 0.3) is 17.1 Å². The van der Waals surface area contributed by atoms with Gasteiger partial charge in [-0.05, 0) is 83.4 Å². The molecule has 10 heteroatoms. The van der Waals surface area contributed by atoms with Gasteiger partial charge in [-0.1, -0.05) is 6.08 Å². The Labute approximate surface area is 250 Å². The number of fused-ring (bicyclic) bond motifs is 3. The summed E-state index contributed by atoms with van der Waals surface area (Å²) in [6.07, 6.45) is 3.00. The van der Waals surface area contributed by atoms with E-state index in [-0.39, 0.29) is 23.3 Å². The number of ether oxygens (including phenoxy) is 3. The van der Waals surface area contributed by atoms with E-state index in [1.165, 1.54) is 25.1 Å². The number of morpholine rings is 1. The van der Waals surface area contributed by atoms with E-state index in [2.05, 4.69) is 0 Å². The first-order chi connectivity index (χ1) is 20.4. The first-order valence-electron chi connectivity index (χ1n) is 14.4. The third-order valence-corrected chi connectivity index (χ3v) is 7.80. The number of nitrogens with zero attached hydrogens (tertiary/aromatic N) is 4. The first-order valence-corrected chi connectivity index (χ1v) is 14.4. The molecule has 0 bridgehead atoms. The van der Waals surface area contributed by atoms with E-state index >= 15 is 8.78 Å². The molecule has 2 aromatic carbocycles. The number of allylic oxidation sites excluding steroid dienone is 2. The Kier molecular flexibility index (Phi) is 8.05. The minimum absolute atomic E-state index is 0.132. The summed E-state index contributed by atoms with van der Waals surface area (Å²) < 4.78 is 49.7. The second kappa shape index (κ2) is 11.5. The number of amides is 1. The van der Waals surface area contributed by atoms with Crippen LogP contribution in [0.15, 0.2) is 42.5 Å². The number of carbonyl (C=O) groups is 1. The fourth-order valence-electron chi connectivity index (χ4n) is 5.79. The number of benzene rings is 2. The van der Waals surface area contributed by atoms with E-state index in [1.807, 2.05) is 50.5 Å². The van der Waals surface area contributed by atoms with Crippen LogP contribution in [-0.4, -0.2) is 58.9 Å². The number of rotatable bonds is 7. The van der Waals surface area contributed by atoms with Gasteiger partial charge >= 0.3 is 0 Å². The Morgan fingerprint density at radius 3 is 2.63 bits per heavy atom. The molecule has 2 aliphatic heterocycles. The molecule has 3 aromatic rings. The van der Waals surface area contributed by atoms with Crippen LogP contribution in [0.3, 0.4) is 0 Å². The molecule has 2 aliphatic rings. The molecule has 3 heterocycles. The number of hydrogen-bond donors (Lipinski definition) is 0. The van der Waals surface area contributed by atoms with Crippen molar-refractivity contribution < 1.29 is 27.8 Å². The number of aryl methyl sites for hydroxylation is 1. The lowest BCUT2D eigenvalue weighted by Gasteiger charge is -2.41. The summed E-state index contributed by atoms with van der Waals surface area (Å²) in [6.45, 7) is 10.4. The van der Waals surface area contributed by atoms with Crippen molar-refractivity contribution in [2.75, 3.05) is 26.9 Å². The zero-order valence-electron chi connectivity index (χ0n) is 25.3. The number of alkyl halides is 2. The SMILES string of the molecule is C/C=C/C(F)(F)c1cc(-c2nc(C(=O)N3CCOCC3(C)C)c3n2-c2cc(OC(C)C)c(OC)cc2CC3)ccc1C#N. The van der Waals surface area contributed by atoms with Crippen LogP contribution in [-0.2, 0) is 23.5 Å². The molecule has 1 fully saturated rings. The highest BCUT2D eigenvalue weighted by Crippen LogP contribution is 2.42. The highest BCUT2D eigenvalue weighted by Gasteiger charge is 2.39. The average molecular weight is 591 g/mol. The number of methoxy groups -OCH3 is 1. The van der Waals surface area contributed by atoms with Crippen LogP contribution in [0.2, 0.25) is 0 Å². The van der Waals surface area contributed by atoms with Gasteiger partial charge in [-0.3, -0.25) is 9.36 Å². The number of imidazole rings is 1. The zero-order chi connectivity index (χ0) is 31.1. The Hall–Kier alpha value is -4.23. The van der Waals surface area contributed by atoms with Crippen molar-refractivity contribution in [2.24, 2.45) is 0 Å². The number of carbonyl (C=O) groups excluding carboxylic acids is 1. The molecule has 43 heavy (non-hydrogen) atoms. The van der Waals surface area contributed by atoms with Crippen LogP contribution >= 0.6 is 0 Å². The van der Waals surface area contributed by atoms with Crippen molar-refractivity contribution in [1.82, 2.24) is 14.5 Å². The Morgan fingerprint density at radius 2 is 1.98 bits per heavy atom. The van der Waals surface area contributed by atoms with Gasteiger partial charge in [-0.15, -0.1) is 0 Å². The maximum Gasteiger partial charge on any atom is 0.292 e. The van der Waals surface area contributed by atoms with E-state index in [9.17, 15) is 10.1 Å². The van der Waals surface area contributed by atoms with Gasteiger partial charge in [0.1, 0.15) is 5.82 Å². The minimum atomic E-state index is -3.38. The monoisotopic (exact) mass is 590 g/mol. The second-order valence-corrected chi connectivity index (χ2v) is 11.7. The van der Waals surface area contributed by atoms with Crippen LogP contribution in [0.5, 0.6) is 11.5 Å². The van der Waals surface area contributed by atoms with Gasteiger partial charge in [0.25, 0.3) is 11.8 Å². The van der Waals surface area contributed by atoms with E-state index in [0.29, 0.717) is 61.2 Å². The van der Waals surface area contributed by atoms with Crippen LogP contribution in [0.4, 0.5) is 8.78 Å². The van der Waals surface area contributed by atoms with Crippen molar-refractivity contribution in [3.8, 4) is 34.6 Å². The number of hydrogen-bond acceptors (Lipinski definition) is 6. The summed E-state index contributed by atoms with van der Waals surface area (Å²) in [5.41, 5.74) is 1.85. The molecular formula is C33H36F2N4O4. The molecule has 0 saturated carbocycles. The number of nitriles is 1. The van der Waals surface area contributed by atoms with Crippen molar-refractivity contribution in [1.29, 1.82) is 5.26 Å². The van der Waals surface area contributed by atoms with Crippen molar-refractivity contribution in [2.45, 2.75) is 65.0 Å². The molecule has 0 radical (unpaired) electrons. The molecule has 0 aliphatic carbocycles. The molecular weight excluding hydrogens is 554 g/mol. The van der Waals surface area contributed by atoms with E-state index in [4.69, 9.17) is 19.2 Å². The van der Waals surface area contributed by atoms with E-state index in [0.717, 1.165) is 17.3 Å². The van der Waals surface area contributed by atoms with Crippen molar-refractivity contribution in [3.05, 3.63) is 70.6 Å². The third-order valence-electron chi connectivity index (χ3n) is 7.80. The van der Waals surface area contributed by atoms with Gasteiger partial charge in [0.15, 0.2) is 17.2 Å². The average Bonchev–Trinajstić information content (AvgIpc) is 3.36. The molecule has 226 valence electrons. The van der Waals surface area contributed by atoms with E-state index in [1.54, 1.807) is 18.1 Å². The van der Waals surface area contributed by atoms with Crippen LogP contribution in [0, 0.1) is 11.3 Å². The molecule has 0 unspecified atom stereocenters. The van der Waals surface area contributed by atoms with E-state index < -0.39 is 17.0 Å². The highest BCUT2D eigenvalue weighted by atomic mass is 19.3. The molecule has 8 nitrogen and oxygen atoms in total. The summed E-state index contributed by atoms with van der Waals surface area (Å²) >= 11 is 0. The molecule has 1 saturated heterocycles. The molecule has 0 N–H and O–H groups in total. The third kappa shape index (κ3) is 5.50. The molecule has 5 rings (SSSR count). The first kappa shape index (κ1) is 30.2. The van der Waals surface area contributed by atoms with Gasteiger partial charge in [0, 0.05) is 23.7 Å². The predicted octanol–water partition coefficient (Wildman–Crippen LogP) is 6.22. The minimum Gasteiger partial charge on any atom is -0.493 e. The smallest absolute Gasteiger partial charge is 0.292 e. The Balaban J connectivity index is 1.77. The summed E-state index contributed by atoms with van der Waals surface area (Å²) in [5, 5.41) is 9.64. The normalized spacial score (nSPS) is 16.1. The van der Waals surface area contributed by atoms with Gasteiger partial charge in [0.2, 0.25) is 0 Å². The van der Waals surface area contributed by atoms with Gasteiger partial charge < -0.3 is 19.1 Å². The van der Waals surface area contributed by atoms with Gasteiger partial charge in [-0.25, -0.2) is 4.98 Å². The quantitative estimate of drug-likeness (QED) is 0.304. The lowest BCUT2D eigenvalue weighted by atomic mass is 9.97. The fraction of sp³-hybridized carbons (Fsp3) is 0.424. The summed E-state index contributed by atoms with van der Waals surface area (Å²) in [4.78, 5) is 20.8. The number of halogens is 2. The van der Waals surface area contributed by atoms with Crippen molar-refractivity contribution in [3.63, 3.8) is 0 Å². The summed E-state index contributed by atoms with van der Waals surface area (Å²) in [6, 6.07) is 9.92. The Morgan fingerprint density at radius 1 is 1.21 bits per heavy atom. The molecule has 0 atom stereocenters. The van der Waals surface area contributed by atoms with Crippen molar-refractivity contribution >= 4 is 5.91 Å². The summed E-state index contributed by atoms with van der Waals surface area (Å²) in [5.74, 6) is -2.20. The number of aromatic nitrogens is 2. The second-order valence-electron chi connectivity index (χ2n) is 11.7. The standard InChI is InChI=1S/C33H36F2N4O4/c1-7-12-33(34,35)24-15-22(8-9-23(24)18-36)30-37-29(31(40)38-13-14-42-19-32(38,4)5)25-11-10-21-16-27(41-6)28(43-20(2)3)17-26(21)39(25)30/h7-9,12,15-17,20H,10-11,13-14,19H2,1-6H3/b12-7+. The lowest BCUT2D eigenvalue weighted by Crippen LogP contribution is -2.55. The summed E-state index contributed by atoms with van der Waals surface area (Å²) in [7, 11) is 1.58. The molecule has 0 spiro atoms. The maximum atomic E-state index is 15.2. The molecule has 1 aromatic heterocycles. The largest absolute Gasteiger partial charge is 0.493 e. The van der Waals surface area contributed by atoms with Gasteiger partial charge in [0.05, 0.1) is 55.0 Å².